The zero-order valence-corrected chi connectivity index (χ0v) is 14.0. The molecule has 0 spiro atoms. The number of nitrogens with zero attached hydrogens (tertiary/aromatic N) is 2. The average Bonchev–Trinajstić information content (AvgIpc) is 2.84. The molecule has 2 amide bonds. The van der Waals surface area contributed by atoms with Crippen molar-refractivity contribution < 1.29 is 18.0 Å². The molecular weight excluding hydrogens is 347 g/mol. The quantitative estimate of drug-likeness (QED) is 0.801. The summed E-state index contributed by atoms with van der Waals surface area (Å²) in [7, 11) is 1.56. The van der Waals surface area contributed by atoms with Crippen molar-refractivity contribution in [2.45, 2.75) is 23.9 Å². The van der Waals surface area contributed by atoms with Crippen LogP contribution in [-0.2, 0) is 6.54 Å². The van der Waals surface area contributed by atoms with E-state index in [4.69, 9.17) is 0 Å². The molecule has 0 bridgehead atoms. The van der Waals surface area contributed by atoms with Crippen molar-refractivity contribution in [1.82, 2.24) is 9.88 Å². The zero-order valence-electron chi connectivity index (χ0n) is 12.3. The van der Waals surface area contributed by atoms with Crippen LogP contribution in [0.4, 0.5) is 23.7 Å². The third-order valence-electron chi connectivity index (χ3n) is 2.77. The number of thiazole rings is 1. The largest absolute Gasteiger partial charge is 0.446 e. The van der Waals surface area contributed by atoms with Gasteiger partial charge in [0.05, 0.1) is 22.9 Å². The Morgan fingerprint density at radius 2 is 2.09 bits per heavy atom. The molecule has 0 aliphatic carbocycles. The monoisotopic (exact) mass is 361 g/mol. The Bertz CT molecular complexity index is 688. The van der Waals surface area contributed by atoms with Gasteiger partial charge >= 0.3 is 11.5 Å². The molecule has 1 aromatic heterocycles. The predicted octanol–water partition coefficient (Wildman–Crippen LogP) is 4.73. The van der Waals surface area contributed by atoms with Crippen LogP contribution < -0.4 is 5.32 Å². The number of amides is 2. The van der Waals surface area contributed by atoms with Gasteiger partial charge in [-0.15, -0.1) is 11.3 Å². The fourth-order valence-corrected chi connectivity index (χ4v) is 3.02. The van der Waals surface area contributed by atoms with Gasteiger partial charge in [-0.05, 0) is 30.8 Å². The smallest absolute Gasteiger partial charge is 0.322 e. The fraction of sp³-hybridized carbons (Fsp3) is 0.286. The first-order chi connectivity index (χ1) is 10.7. The molecule has 2 rings (SSSR count). The number of aryl methyl sites for hydroxylation is 1. The molecule has 2 aromatic rings. The second kappa shape index (κ2) is 7.22. The van der Waals surface area contributed by atoms with Gasteiger partial charge in [-0.1, -0.05) is 12.1 Å². The van der Waals surface area contributed by atoms with Crippen molar-refractivity contribution in [1.29, 1.82) is 0 Å². The highest BCUT2D eigenvalue weighted by molar-refractivity contribution is 8.00. The first kappa shape index (κ1) is 17.6. The van der Waals surface area contributed by atoms with Crippen LogP contribution in [0, 0.1) is 6.92 Å². The third-order valence-corrected chi connectivity index (χ3v) is 4.40. The highest BCUT2D eigenvalue weighted by atomic mass is 32.2. The predicted molar refractivity (Wildman–Crippen MR) is 85.7 cm³/mol. The van der Waals surface area contributed by atoms with Crippen LogP contribution >= 0.6 is 23.1 Å². The molecule has 1 aromatic carbocycles. The van der Waals surface area contributed by atoms with Gasteiger partial charge in [0.1, 0.15) is 0 Å². The van der Waals surface area contributed by atoms with Gasteiger partial charge in [-0.3, -0.25) is 0 Å². The summed E-state index contributed by atoms with van der Waals surface area (Å²) in [6, 6.07) is 5.32. The van der Waals surface area contributed by atoms with Gasteiger partial charge in [0.2, 0.25) is 0 Å². The number of rotatable bonds is 4. The molecule has 0 saturated heterocycles. The molecule has 0 aliphatic rings. The van der Waals surface area contributed by atoms with Gasteiger partial charge in [0, 0.05) is 17.3 Å². The number of carbonyl (C=O) groups excluding carboxylic acids is 1. The van der Waals surface area contributed by atoms with Gasteiger partial charge in [-0.25, -0.2) is 9.78 Å². The van der Waals surface area contributed by atoms with Crippen molar-refractivity contribution in [2.24, 2.45) is 0 Å². The van der Waals surface area contributed by atoms with Crippen LogP contribution in [0.1, 0.15) is 10.7 Å². The second-order valence-corrected chi connectivity index (χ2v) is 6.86. The van der Waals surface area contributed by atoms with Crippen molar-refractivity contribution in [2.75, 3.05) is 12.4 Å². The first-order valence-corrected chi connectivity index (χ1v) is 8.22. The third kappa shape index (κ3) is 5.43. The van der Waals surface area contributed by atoms with E-state index in [1.165, 1.54) is 34.4 Å². The topological polar surface area (TPSA) is 45.2 Å². The number of hydrogen-bond donors (Lipinski definition) is 1. The number of thioether (sulfide) groups is 1. The van der Waals surface area contributed by atoms with Crippen LogP contribution in [0.25, 0.3) is 0 Å². The van der Waals surface area contributed by atoms with E-state index in [0.29, 0.717) is 0 Å². The van der Waals surface area contributed by atoms with E-state index in [9.17, 15) is 18.0 Å². The summed E-state index contributed by atoms with van der Waals surface area (Å²) in [4.78, 5) is 17.7. The number of para-hydroxylation sites is 1. The standard InChI is InChI=1S/C14H14F3N3OS2/c1-9-18-10(8-22-9)7-20(2)13(21)19-11-5-3-4-6-12(11)23-14(15,16)17/h3-6,8H,7H2,1-2H3,(H,19,21). The number of nitrogens with one attached hydrogen (secondary N) is 1. The van der Waals surface area contributed by atoms with Crippen molar-refractivity contribution in [3.05, 3.63) is 40.3 Å². The van der Waals surface area contributed by atoms with E-state index < -0.39 is 11.5 Å². The maximum Gasteiger partial charge on any atom is 0.446 e. The number of hydrogen-bond acceptors (Lipinski definition) is 4. The lowest BCUT2D eigenvalue weighted by atomic mass is 10.3. The summed E-state index contributed by atoms with van der Waals surface area (Å²) in [6.07, 6.45) is 0. The minimum absolute atomic E-state index is 0.0498. The second-order valence-electron chi connectivity index (χ2n) is 4.69. The van der Waals surface area contributed by atoms with Crippen molar-refractivity contribution in [3.8, 4) is 0 Å². The van der Waals surface area contributed by atoms with Gasteiger partial charge in [0.15, 0.2) is 0 Å². The van der Waals surface area contributed by atoms with E-state index in [2.05, 4.69) is 10.3 Å². The Morgan fingerprint density at radius 3 is 2.70 bits per heavy atom. The maximum absolute atomic E-state index is 12.5. The van der Waals surface area contributed by atoms with Gasteiger partial charge < -0.3 is 10.2 Å². The molecule has 0 saturated carbocycles. The van der Waals surface area contributed by atoms with E-state index >= 15 is 0 Å². The highest BCUT2D eigenvalue weighted by Crippen LogP contribution is 2.40. The molecule has 23 heavy (non-hydrogen) atoms. The molecule has 0 atom stereocenters. The van der Waals surface area contributed by atoms with E-state index in [0.717, 1.165) is 10.7 Å². The van der Waals surface area contributed by atoms with E-state index in [-0.39, 0.29) is 28.9 Å². The molecule has 0 unspecified atom stereocenters. The zero-order chi connectivity index (χ0) is 17.0. The van der Waals surface area contributed by atoms with Gasteiger partial charge in [-0.2, -0.15) is 13.2 Å². The lowest BCUT2D eigenvalue weighted by Crippen LogP contribution is -2.31. The number of carbonyl (C=O) groups is 1. The number of urea groups is 1. The Labute approximate surface area is 139 Å². The number of benzene rings is 1. The summed E-state index contributed by atoms with van der Waals surface area (Å²) in [5.74, 6) is 0. The normalized spacial score (nSPS) is 11.3. The van der Waals surface area contributed by atoms with E-state index in [1.807, 2.05) is 12.3 Å². The highest BCUT2D eigenvalue weighted by Gasteiger charge is 2.30. The van der Waals surface area contributed by atoms with Crippen molar-refractivity contribution >= 4 is 34.8 Å². The van der Waals surface area contributed by atoms with Crippen LogP contribution in [-0.4, -0.2) is 28.5 Å². The Kier molecular flexibility index (Phi) is 5.53. The molecule has 0 radical (unpaired) electrons. The van der Waals surface area contributed by atoms with Crippen LogP contribution in [0.15, 0.2) is 34.5 Å². The molecule has 124 valence electrons. The van der Waals surface area contributed by atoms with Crippen LogP contribution in [0.2, 0.25) is 0 Å². The minimum atomic E-state index is -4.41. The number of anilines is 1. The first-order valence-electron chi connectivity index (χ1n) is 6.52. The molecule has 1 N–H and O–H groups in total. The lowest BCUT2D eigenvalue weighted by molar-refractivity contribution is -0.0328. The Hall–Kier alpha value is -1.74. The van der Waals surface area contributed by atoms with Crippen LogP contribution in [0.5, 0.6) is 0 Å². The molecule has 9 heteroatoms. The molecule has 0 aliphatic heterocycles. The number of aromatic nitrogens is 1. The Balaban J connectivity index is 2.05. The van der Waals surface area contributed by atoms with Crippen molar-refractivity contribution in [3.63, 3.8) is 0 Å². The molecule has 1 heterocycles. The summed E-state index contributed by atoms with van der Waals surface area (Å²) >= 11 is 1.22. The summed E-state index contributed by atoms with van der Waals surface area (Å²) < 4.78 is 37.6. The lowest BCUT2D eigenvalue weighted by Gasteiger charge is -2.18. The minimum Gasteiger partial charge on any atom is -0.322 e. The summed E-state index contributed by atoms with van der Waals surface area (Å²) in [5.41, 5.74) is -3.55. The average molecular weight is 361 g/mol. The number of halogens is 3. The molecular formula is C14H14F3N3OS2. The molecule has 4 nitrogen and oxygen atoms in total. The van der Waals surface area contributed by atoms with E-state index in [1.54, 1.807) is 13.1 Å². The number of alkyl halides is 3. The SMILES string of the molecule is Cc1nc(CN(C)C(=O)Nc2ccccc2SC(F)(F)F)cs1. The fourth-order valence-electron chi connectivity index (χ4n) is 1.79. The summed E-state index contributed by atoms with van der Waals surface area (Å²) in [6.45, 7) is 2.14. The molecule has 0 fully saturated rings. The maximum atomic E-state index is 12.5. The Morgan fingerprint density at radius 1 is 1.39 bits per heavy atom. The summed E-state index contributed by atoms with van der Waals surface area (Å²) in [5, 5.41) is 5.23. The van der Waals surface area contributed by atoms with Crippen LogP contribution in [0.3, 0.4) is 0 Å². The van der Waals surface area contributed by atoms with Gasteiger partial charge in [0.25, 0.3) is 0 Å².